The van der Waals surface area contributed by atoms with Crippen LogP contribution in [-0.2, 0) is 14.4 Å². The third-order valence-corrected chi connectivity index (χ3v) is 8.96. The largest absolute Gasteiger partial charge is 0.481 e. The van der Waals surface area contributed by atoms with Crippen molar-refractivity contribution in [2.45, 2.75) is 180 Å². The molecule has 0 saturated carbocycles. The Labute approximate surface area is 270 Å². The summed E-state index contributed by atoms with van der Waals surface area (Å²) in [5, 5.41) is 27.2. The maximum atomic E-state index is 11.0. The van der Waals surface area contributed by atoms with Crippen LogP contribution in [0.4, 0.5) is 0 Å². The van der Waals surface area contributed by atoms with Gasteiger partial charge in [-0.2, -0.15) is 0 Å². The lowest BCUT2D eigenvalue weighted by Gasteiger charge is -2.39. The van der Waals surface area contributed by atoms with Gasteiger partial charge in [0.25, 0.3) is 0 Å². The first-order valence-electron chi connectivity index (χ1n) is 18.5. The number of hydrogen-bond acceptors (Lipinski definition) is 3. The van der Waals surface area contributed by atoms with Gasteiger partial charge in [0.05, 0.1) is 26.2 Å². The lowest BCUT2D eigenvalue weighted by molar-refractivity contribution is -0.929. The standard InChI is InChI=1S/C37H69NO6/c1-2-3-4-5-6-7-8-9-10-11-12-13-14-15-16-17-18-19-20-24-31-38(32-25-21-28-35(39)40,33-26-22-29-36(41)42)34-27-23-30-37(43)44/h5-6H,2-4,7-34H2,1H3,(H2-,39,40,41,42,43,44)/p+1/b6-5+. The summed E-state index contributed by atoms with van der Waals surface area (Å²) in [4.78, 5) is 33.1. The molecule has 0 aromatic rings. The van der Waals surface area contributed by atoms with Crippen LogP contribution in [0, 0.1) is 0 Å². The summed E-state index contributed by atoms with van der Waals surface area (Å²) in [5.74, 6) is -2.30. The molecule has 0 aromatic carbocycles. The molecule has 0 fully saturated rings. The zero-order chi connectivity index (χ0) is 32.6. The van der Waals surface area contributed by atoms with E-state index in [-0.39, 0.29) is 19.3 Å². The number of unbranched alkanes of at least 4 members (excludes halogenated alkanes) is 19. The first-order valence-corrected chi connectivity index (χ1v) is 18.5. The summed E-state index contributed by atoms with van der Waals surface area (Å²) in [7, 11) is 0. The summed E-state index contributed by atoms with van der Waals surface area (Å²) in [6.07, 6.45) is 33.2. The normalized spacial score (nSPS) is 11.8. The first-order chi connectivity index (χ1) is 21.3. The van der Waals surface area contributed by atoms with Crippen LogP contribution in [0.5, 0.6) is 0 Å². The molecule has 0 unspecified atom stereocenters. The molecule has 7 nitrogen and oxygen atoms in total. The zero-order valence-corrected chi connectivity index (χ0v) is 28.6. The van der Waals surface area contributed by atoms with Crippen molar-refractivity contribution in [3.63, 3.8) is 0 Å². The minimum Gasteiger partial charge on any atom is -0.481 e. The molecule has 0 radical (unpaired) electrons. The molecule has 44 heavy (non-hydrogen) atoms. The molecule has 7 heteroatoms. The Morgan fingerprint density at radius 3 is 1.00 bits per heavy atom. The van der Waals surface area contributed by atoms with Crippen molar-refractivity contribution >= 4 is 17.9 Å². The summed E-state index contributed by atoms with van der Waals surface area (Å²) < 4.78 is 0.870. The van der Waals surface area contributed by atoms with Crippen molar-refractivity contribution < 1.29 is 34.2 Å². The van der Waals surface area contributed by atoms with Crippen molar-refractivity contribution in [3.8, 4) is 0 Å². The van der Waals surface area contributed by atoms with Gasteiger partial charge in [-0.05, 0) is 70.6 Å². The molecular weight excluding hydrogens is 554 g/mol. The van der Waals surface area contributed by atoms with E-state index in [2.05, 4.69) is 19.1 Å². The molecule has 0 aliphatic heterocycles. The van der Waals surface area contributed by atoms with Gasteiger partial charge in [0.15, 0.2) is 0 Å². The third-order valence-electron chi connectivity index (χ3n) is 8.96. The minimum atomic E-state index is -0.766. The van der Waals surface area contributed by atoms with Gasteiger partial charge in [-0.25, -0.2) is 0 Å². The molecule has 0 aliphatic carbocycles. The van der Waals surface area contributed by atoms with Gasteiger partial charge in [-0.3, -0.25) is 14.4 Å². The predicted molar refractivity (Wildman–Crippen MR) is 182 cm³/mol. The van der Waals surface area contributed by atoms with Crippen molar-refractivity contribution in [1.29, 1.82) is 0 Å². The molecule has 0 aromatic heterocycles. The van der Waals surface area contributed by atoms with E-state index in [1.54, 1.807) is 0 Å². The number of rotatable bonds is 35. The number of nitrogens with zero attached hydrogens (tertiary/aromatic N) is 1. The van der Waals surface area contributed by atoms with E-state index >= 15 is 0 Å². The molecular formula is C37H70NO6+. The second-order valence-electron chi connectivity index (χ2n) is 13.1. The van der Waals surface area contributed by atoms with E-state index in [0.29, 0.717) is 19.3 Å². The smallest absolute Gasteiger partial charge is 0.303 e. The number of allylic oxidation sites excluding steroid dienone is 2. The average Bonchev–Trinajstić information content (AvgIpc) is 2.98. The molecule has 258 valence electrons. The van der Waals surface area contributed by atoms with E-state index in [1.807, 2.05) is 0 Å². The molecule has 0 heterocycles. The average molecular weight is 625 g/mol. The molecule has 0 atom stereocenters. The maximum Gasteiger partial charge on any atom is 0.303 e. The van der Waals surface area contributed by atoms with Gasteiger partial charge in [0, 0.05) is 19.3 Å². The fraction of sp³-hybridized carbons (Fsp3) is 0.865. The van der Waals surface area contributed by atoms with E-state index in [0.717, 1.165) is 56.3 Å². The number of aliphatic carboxylic acids is 3. The summed E-state index contributed by atoms with van der Waals surface area (Å²) >= 11 is 0. The third kappa shape index (κ3) is 30.1. The van der Waals surface area contributed by atoms with Crippen LogP contribution in [0.1, 0.15) is 180 Å². The predicted octanol–water partition coefficient (Wildman–Crippen LogP) is 10.2. The van der Waals surface area contributed by atoms with Crippen LogP contribution in [0.25, 0.3) is 0 Å². The van der Waals surface area contributed by atoms with Crippen LogP contribution in [-0.4, -0.2) is 63.9 Å². The van der Waals surface area contributed by atoms with Crippen molar-refractivity contribution in [2.75, 3.05) is 26.2 Å². The fourth-order valence-corrected chi connectivity index (χ4v) is 6.23. The molecule has 3 N–H and O–H groups in total. The van der Waals surface area contributed by atoms with Crippen LogP contribution in [0.3, 0.4) is 0 Å². The van der Waals surface area contributed by atoms with Crippen molar-refractivity contribution in [3.05, 3.63) is 12.2 Å². The van der Waals surface area contributed by atoms with Gasteiger partial charge in [-0.1, -0.05) is 103 Å². The Kier molecular flexibility index (Phi) is 29.8. The van der Waals surface area contributed by atoms with Crippen molar-refractivity contribution in [1.82, 2.24) is 0 Å². The highest BCUT2D eigenvalue weighted by Gasteiger charge is 2.26. The fourth-order valence-electron chi connectivity index (χ4n) is 6.23. The Morgan fingerprint density at radius 2 is 0.682 bits per heavy atom. The number of carboxylic acids is 3. The number of carboxylic acid groups (broad SMARTS) is 3. The van der Waals surface area contributed by atoms with E-state index in [1.165, 1.54) is 109 Å². The second kappa shape index (κ2) is 31.1. The van der Waals surface area contributed by atoms with Crippen LogP contribution in [0.15, 0.2) is 12.2 Å². The lowest BCUT2D eigenvalue weighted by atomic mass is 10.0. The van der Waals surface area contributed by atoms with Gasteiger partial charge < -0.3 is 19.8 Å². The minimum absolute atomic E-state index is 0.176. The Bertz CT molecular complexity index is 668. The van der Waals surface area contributed by atoms with E-state index in [9.17, 15) is 14.4 Å². The lowest BCUT2D eigenvalue weighted by Crippen LogP contribution is -2.51. The molecule has 0 rings (SSSR count). The molecule has 0 aliphatic rings. The second-order valence-corrected chi connectivity index (χ2v) is 13.1. The van der Waals surface area contributed by atoms with Gasteiger partial charge in [-0.15, -0.1) is 0 Å². The SMILES string of the molecule is CCCC/C=C/CCCCCCCCCCCCCCCC[N+](CCCCC(=O)O)(CCCCC(=O)O)CCCCC(=O)O. The first kappa shape index (κ1) is 42.1. The number of hydrogen-bond donors (Lipinski definition) is 3. The monoisotopic (exact) mass is 625 g/mol. The van der Waals surface area contributed by atoms with Crippen LogP contribution in [0.2, 0.25) is 0 Å². The summed E-state index contributed by atoms with van der Waals surface area (Å²) in [6, 6.07) is 0. The van der Waals surface area contributed by atoms with Crippen LogP contribution < -0.4 is 0 Å². The van der Waals surface area contributed by atoms with Crippen molar-refractivity contribution in [2.24, 2.45) is 0 Å². The zero-order valence-electron chi connectivity index (χ0n) is 28.6. The van der Waals surface area contributed by atoms with Gasteiger partial charge >= 0.3 is 17.9 Å². The molecule has 0 spiro atoms. The molecule has 0 amide bonds. The topological polar surface area (TPSA) is 112 Å². The van der Waals surface area contributed by atoms with Gasteiger partial charge in [0.2, 0.25) is 0 Å². The highest BCUT2D eigenvalue weighted by Crippen LogP contribution is 2.20. The molecule has 0 bridgehead atoms. The van der Waals surface area contributed by atoms with E-state index in [4.69, 9.17) is 15.3 Å². The molecule has 0 saturated heterocycles. The Morgan fingerprint density at radius 1 is 0.409 bits per heavy atom. The summed E-state index contributed by atoms with van der Waals surface area (Å²) in [5.41, 5.74) is 0. The Balaban J connectivity index is 4.22. The van der Waals surface area contributed by atoms with Crippen LogP contribution >= 0.6 is 0 Å². The summed E-state index contributed by atoms with van der Waals surface area (Å²) in [6.45, 7) is 5.94. The highest BCUT2D eigenvalue weighted by molar-refractivity contribution is 5.67. The maximum absolute atomic E-state index is 11.0. The highest BCUT2D eigenvalue weighted by atomic mass is 16.4. The number of carbonyl (C=O) groups is 3. The van der Waals surface area contributed by atoms with Gasteiger partial charge in [0.1, 0.15) is 0 Å². The Hall–Kier alpha value is -1.89. The quantitative estimate of drug-likeness (QED) is 0.0367. The number of quaternary nitrogens is 1. The van der Waals surface area contributed by atoms with E-state index < -0.39 is 17.9 Å².